The number of sulfonamides is 1. The Hall–Kier alpha value is -2.35. The number of aromatic nitrogens is 1. The molecule has 2 aromatic rings. The predicted octanol–water partition coefficient (Wildman–Crippen LogP) is 1.62. The van der Waals surface area contributed by atoms with E-state index in [1.165, 1.54) is 6.07 Å². The molecule has 21 heavy (non-hydrogen) atoms. The monoisotopic (exact) mass is 311 g/mol. The van der Waals surface area contributed by atoms with Gasteiger partial charge in [-0.15, -0.1) is 0 Å². The van der Waals surface area contributed by atoms with Crippen LogP contribution in [0.3, 0.4) is 0 Å². The van der Waals surface area contributed by atoms with E-state index in [1.54, 1.807) is 24.3 Å². The van der Waals surface area contributed by atoms with E-state index in [9.17, 15) is 12.8 Å². The Kier molecular flexibility index (Phi) is 4.59. The highest BCUT2D eigenvalue weighted by Gasteiger charge is 2.11. The lowest BCUT2D eigenvalue weighted by molar-refractivity contribution is 0.343. The SMILES string of the molecule is Nc1ccccc1OCCS(=O)(=O)Nc1ccc(F)nc1. The largest absolute Gasteiger partial charge is 0.490 e. The van der Waals surface area contributed by atoms with Crippen LogP contribution in [0.5, 0.6) is 5.75 Å². The third kappa shape index (κ3) is 4.60. The fourth-order valence-electron chi connectivity index (χ4n) is 1.54. The van der Waals surface area contributed by atoms with Crippen LogP contribution in [0.4, 0.5) is 15.8 Å². The molecule has 1 aromatic carbocycles. The molecule has 0 bridgehead atoms. The first kappa shape index (κ1) is 15.0. The van der Waals surface area contributed by atoms with Gasteiger partial charge in [-0.25, -0.2) is 13.4 Å². The van der Waals surface area contributed by atoms with E-state index < -0.39 is 16.0 Å². The molecule has 0 atom stereocenters. The van der Waals surface area contributed by atoms with Gasteiger partial charge in [0.15, 0.2) is 0 Å². The number of halogens is 1. The number of nitrogens with two attached hydrogens (primary N) is 1. The van der Waals surface area contributed by atoms with E-state index >= 15 is 0 Å². The zero-order valence-corrected chi connectivity index (χ0v) is 11.8. The summed E-state index contributed by atoms with van der Waals surface area (Å²) < 4.78 is 43.8. The summed E-state index contributed by atoms with van der Waals surface area (Å²) in [5.74, 6) is -0.518. The van der Waals surface area contributed by atoms with Crippen LogP contribution in [0.15, 0.2) is 42.6 Å². The molecule has 0 saturated carbocycles. The molecular formula is C13H14FN3O3S. The molecule has 1 aromatic heterocycles. The molecule has 0 aliphatic rings. The Morgan fingerprint density at radius 3 is 2.67 bits per heavy atom. The average Bonchev–Trinajstić information content (AvgIpc) is 2.43. The number of ether oxygens (including phenoxy) is 1. The van der Waals surface area contributed by atoms with Gasteiger partial charge in [0.2, 0.25) is 16.0 Å². The highest BCUT2D eigenvalue weighted by atomic mass is 32.2. The lowest BCUT2D eigenvalue weighted by Crippen LogP contribution is -2.21. The second-order valence-corrected chi connectivity index (χ2v) is 6.02. The summed E-state index contributed by atoms with van der Waals surface area (Å²) in [7, 11) is -3.61. The second kappa shape index (κ2) is 6.40. The van der Waals surface area contributed by atoms with Crippen LogP contribution in [-0.4, -0.2) is 25.8 Å². The summed E-state index contributed by atoms with van der Waals surface area (Å²) >= 11 is 0. The number of hydrogen-bond acceptors (Lipinski definition) is 5. The van der Waals surface area contributed by atoms with Crippen LogP contribution >= 0.6 is 0 Å². The number of pyridine rings is 1. The van der Waals surface area contributed by atoms with Crippen LogP contribution < -0.4 is 15.2 Å². The van der Waals surface area contributed by atoms with Gasteiger partial charge in [-0.1, -0.05) is 12.1 Å². The standard InChI is InChI=1S/C13H14FN3O3S/c14-13-6-5-10(9-16-13)17-21(18,19)8-7-20-12-4-2-1-3-11(12)15/h1-6,9,17H,7-8,15H2. The van der Waals surface area contributed by atoms with Crippen molar-refractivity contribution in [3.63, 3.8) is 0 Å². The Morgan fingerprint density at radius 1 is 1.24 bits per heavy atom. The fourth-order valence-corrected chi connectivity index (χ4v) is 2.42. The minimum Gasteiger partial charge on any atom is -0.490 e. The Morgan fingerprint density at radius 2 is 2.00 bits per heavy atom. The van der Waals surface area contributed by atoms with E-state index in [0.717, 1.165) is 12.3 Å². The van der Waals surface area contributed by atoms with Crippen LogP contribution in [0, 0.1) is 5.95 Å². The smallest absolute Gasteiger partial charge is 0.236 e. The molecule has 0 unspecified atom stereocenters. The van der Waals surface area contributed by atoms with E-state index in [2.05, 4.69) is 9.71 Å². The number of nitrogens with zero attached hydrogens (tertiary/aromatic N) is 1. The van der Waals surface area contributed by atoms with Crippen LogP contribution in [-0.2, 0) is 10.0 Å². The molecule has 0 aliphatic carbocycles. The van der Waals surface area contributed by atoms with Crippen LogP contribution in [0.25, 0.3) is 0 Å². The minimum absolute atomic E-state index is 0.0574. The first-order valence-electron chi connectivity index (χ1n) is 6.06. The van der Waals surface area contributed by atoms with Crippen LogP contribution in [0.1, 0.15) is 0 Å². The number of anilines is 2. The lowest BCUT2D eigenvalue weighted by atomic mass is 10.3. The van der Waals surface area contributed by atoms with Crippen molar-refractivity contribution >= 4 is 21.4 Å². The van der Waals surface area contributed by atoms with Crippen molar-refractivity contribution in [3.8, 4) is 5.75 Å². The van der Waals surface area contributed by atoms with Gasteiger partial charge in [-0.3, -0.25) is 4.72 Å². The van der Waals surface area contributed by atoms with Crippen molar-refractivity contribution in [3.05, 3.63) is 48.5 Å². The summed E-state index contributed by atoms with van der Waals surface area (Å²) in [5, 5.41) is 0. The minimum atomic E-state index is -3.61. The topological polar surface area (TPSA) is 94.3 Å². The van der Waals surface area contributed by atoms with Gasteiger partial charge in [-0.05, 0) is 24.3 Å². The zero-order valence-electron chi connectivity index (χ0n) is 11.0. The van der Waals surface area contributed by atoms with Crippen molar-refractivity contribution in [1.29, 1.82) is 0 Å². The maximum absolute atomic E-state index is 12.6. The quantitative estimate of drug-likeness (QED) is 0.624. The molecule has 8 heteroatoms. The summed E-state index contributed by atoms with van der Waals surface area (Å²) in [6, 6.07) is 9.16. The van der Waals surface area contributed by atoms with E-state index in [0.29, 0.717) is 11.4 Å². The second-order valence-electron chi connectivity index (χ2n) is 4.18. The van der Waals surface area contributed by atoms with Crippen molar-refractivity contribution in [2.45, 2.75) is 0 Å². The molecule has 0 amide bonds. The van der Waals surface area contributed by atoms with Crippen molar-refractivity contribution in [1.82, 2.24) is 4.98 Å². The molecule has 6 nitrogen and oxygen atoms in total. The Labute approximate surface area is 121 Å². The summed E-state index contributed by atoms with van der Waals surface area (Å²) in [6.45, 7) is -0.0574. The molecule has 2 rings (SSSR count). The van der Waals surface area contributed by atoms with Crippen molar-refractivity contribution in [2.75, 3.05) is 22.8 Å². The molecule has 0 aliphatic heterocycles. The van der Waals surface area contributed by atoms with Crippen LogP contribution in [0.2, 0.25) is 0 Å². The fraction of sp³-hybridized carbons (Fsp3) is 0.154. The Bertz CT molecular complexity index is 705. The molecule has 0 radical (unpaired) electrons. The highest BCUT2D eigenvalue weighted by molar-refractivity contribution is 7.92. The van der Waals surface area contributed by atoms with E-state index in [4.69, 9.17) is 10.5 Å². The molecule has 3 N–H and O–H groups in total. The maximum Gasteiger partial charge on any atom is 0.236 e. The molecule has 0 spiro atoms. The van der Waals surface area contributed by atoms with Gasteiger partial charge >= 0.3 is 0 Å². The number of benzene rings is 1. The maximum atomic E-state index is 12.6. The van der Waals surface area contributed by atoms with Gasteiger partial charge in [0.1, 0.15) is 18.1 Å². The summed E-state index contributed by atoms with van der Waals surface area (Å²) in [5.41, 5.74) is 6.30. The zero-order chi connectivity index (χ0) is 15.3. The predicted molar refractivity (Wildman–Crippen MR) is 78.0 cm³/mol. The van der Waals surface area contributed by atoms with E-state index in [1.807, 2.05) is 0 Å². The van der Waals surface area contributed by atoms with Gasteiger partial charge in [0, 0.05) is 0 Å². The van der Waals surface area contributed by atoms with Gasteiger partial charge in [-0.2, -0.15) is 4.39 Å². The summed E-state index contributed by atoms with van der Waals surface area (Å²) in [6.07, 6.45) is 1.10. The Balaban J connectivity index is 1.90. The van der Waals surface area contributed by atoms with Gasteiger partial charge < -0.3 is 10.5 Å². The normalized spacial score (nSPS) is 11.1. The van der Waals surface area contributed by atoms with Gasteiger partial charge in [0.25, 0.3) is 0 Å². The van der Waals surface area contributed by atoms with E-state index in [-0.39, 0.29) is 18.0 Å². The van der Waals surface area contributed by atoms with Crippen molar-refractivity contribution in [2.24, 2.45) is 0 Å². The first-order chi connectivity index (χ1) is 9.96. The van der Waals surface area contributed by atoms with Gasteiger partial charge in [0.05, 0.1) is 17.6 Å². The average molecular weight is 311 g/mol. The molecule has 1 heterocycles. The number of rotatable bonds is 6. The third-order valence-electron chi connectivity index (χ3n) is 2.53. The first-order valence-corrected chi connectivity index (χ1v) is 7.71. The summed E-state index contributed by atoms with van der Waals surface area (Å²) in [4.78, 5) is 3.36. The highest BCUT2D eigenvalue weighted by Crippen LogP contribution is 2.19. The molecular weight excluding hydrogens is 297 g/mol. The number of hydrogen-bond donors (Lipinski definition) is 2. The molecule has 112 valence electrons. The molecule has 0 fully saturated rings. The molecule has 0 saturated heterocycles. The lowest BCUT2D eigenvalue weighted by Gasteiger charge is -2.10. The number of para-hydroxylation sites is 2. The third-order valence-corrected chi connectivity index (χ3v) is 3.78. The van der Waals surface area contributed by atoms with Crippen molar-refractivity contribution < 1.29 is 17.5 Å². The number of nitrogen functional groups attached to an aromatic ring is 1. The number of nitrogens with one attached hydrogen (secondary N) is 1.